The number of anilines is 2. The van der Waals surface area contributed by atoms with Crippen LogP contribution in [-0.2, 0) is 11.0 Å². The van der Waals surface area contributed by atoms with Crippen LogP contribution in [0.15, 0.2) is 42.5 Å². The van der Waals surface area contributed by atoms with Crippen LogP contribution in [0, 0.1) is 0 Å². The van der Waals surface area contributed by atoms with Crippen LogP contribution in [0.4, 0.5) is 24.5 Å². The highest BCUT2D eigenvalue weighted by Gasteiger charge is 2.44. The lowest BCUT2D eigenvalue weighted by Crippen LogP contribution is -2.45. The second-order valence-corrected chi connectivity index (χ2v) is 8.64. The number of hydrogen-bond donors (Lipinski definition) is 1. The summed E-state index contributed by atoms with van der Waals surface area (Å²) in [4.78, 5) is 14.9. The van der Waals surface area contributed by atoms with Crippen molar-refractivity contribution in [3.63, 3.8) is 0 Å². The largest absolute Gasteiger partial charge is 0.490 e. The molecule has 2 aromatic rings. The standard InChI is InChI=1S/C24H23F3N2O3/c1-29-9-10-31-20-6-4-17(13-19(20)29)28-22(30)11-15-14-23(7-2-8-23)32-21-12-16(24(25,26)27)3-5-18(15)21/h3-6,11-13H,2,7-10,14H2,1H3,(H,28,30)/b15-11+. The Hall–Kier alpha value is -3.16. The number of likely N-dealkylation sites (N-methyl/N-ethyl adjacent to an activating group) is 1. The number of nitrogens with zero attached hydrogens (tertiary/aromatic N) is 1. The number of carbonyl (C=O) groups is 1. The summed E-state index contributed by atoms with van der Waals surface area (Å²) in [6, 6.07) is 8.92. The summed E-state index contributed by atoms with van der Waals surface area (Å²) in [5, 5.41) is 2.87. The molecule has 3 aliphatic rings. The lowest BCUT2D eigenvalue weighted by molar-refractivity contribution is -0.138. The predicted molar refractivity (Wildman–Crippen MR) is 115 cm³/mol. The summed E-state index contributed by atoms with van der Waals surface area (Å²) in [6.45, 7) is 1.37. The summed E-state index contributed by atoms with van der Waals surface area (Å²) < 4.78 is 51.2. The van der Waals surface area contributed by atoms with Crippen molar-refractivity contribution in [2.24, 2.45) is 0 Å². The number of fused-ring (bicyclic) bond motifs is 2. The molecule has 1 aliphatic carbocycles. The number of carbonyl (C=O) groups excluding carboxylic acids is 1. The van der Waals surface area contributed by atoms with Crippen molar-refractivity contribution < 1.29 is 27.4 Å². The fourth-order valence-corrected chi connectivity index (χ4v) is 4.50. The second-order valence-electron chi connectivity index (χ2n) is 8.64. The van der Waals surface area contributed by atoms with E-state index in [2.05, 4.69) is 10.2 Å². The van der Waals surface area contributed by atoms with E-state index in [-0.39, 0.29) is 11.7 Å². The normalized spacial score (nSPS) is 20.0. The van der Waals surface area contributed by atoms with Crippen molar-refractivity contribution in [1.82, 2.24) is 0 Å². The van der Waals surface area contributed by atoms with Crippen LogP contribution in [-0.4, -0.2) is 31.7 Å². The fraction of sp³-hybridized carbons (Fsp3) is 0.375. The number of alkyl halides is 3. The summed E-state index contributed by atoms with van der Waals surface area (Å²) >= 11 is 0. The van der Waals surface area contributed by atoms with Crippen LogP contribution < -0.4 is 19.7 Å². The molecule has 5 nitrogen and oxygen atoms in total. The molecule has 2 heterocycles. The molecule has 32 heavy (non-hydrogen) atoms. The van der Waals surface area contributed by atoms with Crippen molar-refractivity contribution in [2.75, 3.05) is 30.4 Å². The van der Waals surface area contributed by atoms with Crippen LogP contribution in [0.1, 0.15) is 36.8 Å². The van der Waals surface area contributed by atoms with Crippen LogP contribution in [0.25, 0.3) is 5.57 Å². The Morgan fingerprint density at radius 2 is 1.97 bits per heavy atom. The van der Waals surface area contributed by atoms with Gasteiger partial charge in [-0.2, -0.15) is 13.2 Å². The molecule has 168 valence electrons. The smallest absolute Gasteiger partial charge is 0.416 e. The van der Waals surface area contributed by atoms with Gasteiger partial charge >= 0.3 is 6.18 Å². The Bertz CT molecular complexity index is 1110. The van der Waals surface area contributed by atoms with Crippen molar-refractivity contribution in [3.05, 3.63) is 53.6 Å². The molecular weight excluding hydrogens is 421 g/mol. The molecular formula is C24H23F3N2O3. The van der Waals surface area contributed by atoms with Gasteiger partial charge in [0.25, 0.3) is 0 Å². The second kappa shape index (κ2) is 7.46. The molecule has 0 atom stereocenters. The third kappa shape index (κ3) is 3.78. The highest BCUT2D eigenvalue weighted by atomic mass is 19.4. The number of nitrogens with one attached hydrogen (secondary N) is 1. The maximum Gasteiger partial charge on any atom is 0.416 e. The number of ether oxygens (including phenoxy) is 2. The molecule has 0 saturated heterocycles. The van der Waals surface area contributed by atoms with E-state index in [0.717, 1.165) is 49.4 Å². The highest BCUT2D eigenvalue weighted by Crippen LogP contribution is 2.50. The maximum atomic E-state index is 13.2. The van der Waals surface area contributed by atoms with E-state index >= 15 is 0 Å². The lowest BCUT2D eigenvalue weighted by atomic mass is 9.72. The van der Waals surface area contributed by atoms with Gasteiger partial charge in [0.05, 0.1) is 17.8 Å². The monoisotopic (exact) mass is 444 g/mol. The van der Waals surface area contributed by atoms with Crippen LogP contribution in [0.5, 0.6) is 11.5 Å². The Morgan fingerprint density at radius 3 is 2.69 bits per heavy atom. The SMILES string of the molecule is CN1CCOc2ccc(NC(=O)/C=C3\CC4(CCC4)Oc4cc(C(F)(F)F)ccc43)cc21. The first-order chi connectivity index (χ1) is 15.2. The Balaban J connectivity index is 1.43. The molecule has 0 radical (unpaired) electrons. The predicted octanol–water partition coefficient (Wildman–Crippen LogP) is 5.26. The molecule has 1 fully saturated rings. The Kier molecular flexibility index (Phi) is 4.83. The average Bonchev–Trinajstić information content (AvgIpc) is 2.72. The third-order valence-electron chi connectivity index (χ3n) is 6.39. The molecule has 1 amide bonds. The molecule has 1 spiro atoms. The minimum absolute atomic E-state index is 0.192. The van der Waals surface area contributed by atoms with E-state index in [1.165, 1.54) is 12.1 Å². The first kappa shape index (κ1) is 20.7. The molecule has 1 N–H and O–H groups in total. The lowest BCUT2D eigenvalue weighted by Gasteiger charge is -2.46. The van der Waals surface area contributed by atoms with E-state index in [1.807, 2.05) is 19.2 Å². The van der Waals surface area contributed by atoms with E-state index < -0.39 is 17.3 Å². The van der Waals surface area contributed by atoms with Crippen LogP contribution in [0.2, 0.25) is 0 Å². The van der Waals surface area contributed by atoms with Gasteiger partial charge < -0.3 is 19.7 Å². The van der Waals surface area contributed by atoms with Gasteiger partial charge in [0.2, 0.25) is 5.91 Å². The van der Waals surface area contributed by atoms with Crippen LogP contribution >= 0.6 is 0 Å². The van der Waals surface area contributed by atoms with E-state index in [1.54, 1.807) is 6.07 Å². The van der Waals surface area contributed by atoms with Gasteiger partial charge in [0.1, 0.15) is 23.7 Å². The fourth-order valence-electron chi connectivity index (χ4n) is 4.50. The summed E-state index contributed by atoms with van der Waals surface area (Å²) in [7, 11) is 1.96. The van der Waals surface area contributed by atoms with Crippen molar-refractivity contribution in [3.8, 4) is 11.5 Å². The topological polar surface area (TPSA) is 50.8 Å². The summed E-state index contributed by atoms with van der Waals surface area (Å²) in [5.41, 5.74) is 1.47. The van der Waals surface area contributed by atoms with Gasteiger partial charge in [-0.25, -0.2) is 0 Å². The van der Waals surface area contributed by atoms with Gasteiger partial charge in [-0.1, -0.05) is 6.07 Å². The molecule has 8 heteroatoms. The quantitative estimate of drug-likeness (QED) is 0.642. The number of amides is 1. The summed E-state index contributed by atoms with van der Waals surface area (Å²) in [6.07, 6.45) is 0.0111. The number of benzene rings is 2. The minimum Gasteiger partial charge on any atom is -0.490 e. The van der Waals surface area contributed by atoms with Crippen LogP contribution in [0.3, 0.4) is 0 Å². The van der Waals surface area contributed by atoms with Crippen molar-refractivity contribution >= 4 is 22.9 Å². The van der Waals surface area contributed by atoms with Crippen molar-refractivity contribution in [2.45, 2.75) is 37.5 Å². The Morgan fingerprint density at radius 1 is 1.16 bits per heavy atom. The third-order valence-corrected chi connectivity index (χ3v) is 6.39. The van der Waals surface area contributed by atoms with Gasteiger partial charge in [0.15, 0.2) is 0 Å². The van der Waals surface area contributed by atoms with E-state index in [9.17, 15) is 18.0 Å². The molecule has 0 unspecified atom stereocenters. The minimum atomic E-state index is -4.45. The first-order valence-electron chi connectivity index (χ1n) is 10.6. The molecule has 2 aromatic carbocycles. The molecule has 0 bridgehead atoms. The number of rotatable bonds is 2. The number of hydrogen-bond acceptors (Lipinski definition) is 4. The van der Waals surface area contributed by atoms with Gasteiger partial charge in [0, 0.05) is 30.8 Å². The molecule has 2 aliphatic heterocycles. The average molecular weight is 444 g/mol. The van der Waals surface area contributed by atoms with Gasteiger partial charge in [-0.05, 0) is 55.2 Å². The molecule has 0 aromatic heterocycles. The zero-order valence-electron chi connectivity index (χ0n) is 17.6. The molecule has 1 saturated carbocycles. The maximum absolute atomic E-state index is 13.2. The first-order valence-corrected chi connectivity index (χ1v) is 10.6. The van der Waals surface area contributed by atoms with E-state index in [4.69, 9.17) is 9.47 Å². The number of halogens is 3. The zero-order chi connectivity index (χ0) is 22.5. The summed E-state index contributed by atoms with van der Waals surface area (Å²) in [5.74, 6) is 0.625. The zero-order valence-corrected chi connectivity index (χ0v) is 17.6. The highest BCUT2D eigenvalue weighted by molar-refractivity contribution is 6.05. The van der Waals surface area contributed by atoms with E-state index in [0.29, 0.717) is 29.9 Å². The van der Waals surface area contributed by atoms with Crippen molar-refractivity contribution in [1.29, 1.82) is 0 Å². The van der Waals surface area contributed by atoms with Gasteiger partial charge in [-0.15, -0.1) is 0 Å². The molecule has 5 rings (SSSR count). The Labute approximate surface area is 183 Å². The van der Waals surface area contributed by atoms with Gasteiger partial charge in [-0.3, -0.25) is 4.79 Å².